The maximum Gasteiger partial charge on any atom is 0.413 e. The molecule has 1 saturated heterocycles. The Bertz CT molecular complexity index is 1140. The van der Waals surface area contributed by atoms with Gasteiger partial charge in [-0.25, -0.2) is 9.59 Å². The van der Waals surface area contributed by atoms with Crippen molar-refractivity contribution in [1.29, 1.82) is 0 Å². The second kappa shape index (κ2) is 8.83. The fourth-order valence-corrected chi connectivity index (χ4v) is 5.41. The first-order valence-corrected chi connectivity index (χ1v) is 11.3. The van der Waals surface area contributed by atoms with Crippen molar-refractivity contribution >= 4 is 33.6 Å². The predicted molar refractivity (Wildman–Crippen MR) is 118 cm³/mol. The number of fused-ring (bicyclic) bond motifs is 1. The fourth-order valence-electron chi connectivity index (χ4n) is 4.09. The zero-order valence-electron chi connectivity index (χ0n) is 18.0. The molecule has 1 N–H and O–H groups in total. The first-order valence-electron chi connectivity index (χ1n) is 10.5. The lowest BCUT2D eigenvalue weighted by molar-refractivity contribution is 0.0966. The molecule has 0 radical (unpaired) electrons. The quantitative estimate of drug-likeness (QED) is 0.737. The average molecular weight is 450 g/mol. The van der Waals surface area contributed by atoms with Crippen molar-refractivity contribution in [2.24, 2.45) is 4.99 Å². The summed E-state index contributed by atoms with van der Waals surface area (Å²) in [6.45, 7) is 6.87. The molecule has 1 amide bonds. The lowest BCUT2D eigenvalue weighted by atomic mass is 10.2. The lowest BCUT2D eigenvalue weighted by Gasteiger charge is -2.19. The van der Waals surface area contributed by atoms with Crippen molar-refractivity contribution in [2.45, 2.75) is 52.4 Å². The van der Waals surface area contributed by atoms with Crippen LogP contribution < -0.4 is 16.6 Å². The van der Waals surface area contributed by atoms with Crippen molar-refractivity contribution in [3.63, 3.8) is 0 Å². The van der Waals surface area contributed by atoms with Gasteiger partial charge in [-0.3, -0.25) is 24.2 Å². The van der Waals surface area contributed by atoms with Crippen LogP contribution >= 0.6 is 11.3 Å². The molecule has 4 rings (SSSR count). The Labute approximate surface area is 183 Å². The molecule has 0 spiro atoms. The van der Waals surface area contributed by atoms with Crippen LogP contribution in [0.5, 0.6) is 0 Å². The molecule has 10 nitrogen and oxygen atoms in total. The molecule has 2 aliphatic heterocycles. The average Bonchev–Trinajstić information content (AvgIpc) is 3.48. The number of carbonyl (C=O) groups is 1. The largest absolute Gasteiger partial charge is 0.453 e. The molecule has 1 unspecified atom stereocenters. The van der Waals surface area contributed by atoms with Crippen molar-refractivity contribution in [3.8, 4) is 0 Å². The third-order valence-corrected chi connectivity index (χ3v) is 7.08. The Hall–Kier alpha value is -2.66. The Morgan fingerprint density at radius 3 is 2.84 bits per heavy atom. The number of hydrogen-bond donors (Lipinski definition) is 1. The fraction of sp³-hybridized carbons (Fsp3) is 0.600. The minimum Gasteiger partial charge on any atom is -0.453 e. The third kappa shape index (κ3) is 3.99. The molecule has 0 aliphatic carbocycles. The van der Waals surface area contributed by atoms with Gasteiger partial charge in [-0.15, -0.1) is 11.3 Å². The number of aliphatic imine (C=N–C) groups is 1. The highest BCUT2D eigenvalue weighted by molar-refractivity contribution is 7.18. The van der Waals surface area contributed by atoms with Crippen LogP contribution in [0.15, 0.2) is 14.6 Å². The zero-order valence-corrected chi connectivity index (χ0v) is 18.8. The van der Waals surface area contributed by atoms with E-state index in [1.807, 2.05) is 11.8 Å². The summed E-state index contributed by atoms with van der Waals surface area (Å²) < 4.78 is 13.4. The first-order chi connectivity index (χ1) is 14.9. The standard InChI is InChI=1S/C20H27N5O5S/c1-4-24-16(26)15-12(2)14(11-23-8-7-21-18(23)22-19(27)29-3)31-17(15)25(20(24)28)10-13-6-5-9-30-13/h13H,4-11H2,1-3H3,(H,21,22,27). The minimum absolute atomic E-state index is 0.0175. The minimum atomic E-state index is -0.574. The van der Waals surface area contributed by atoms with E-state index < -0.39 is 6.09 Å². The summed E-state index contributed by atoms with van der Waals surface area (Å²) in [6, 6.07) is 0. The number of methoxy groups -OCH3 is 1. The molecular formula is C20H27N5O5S. The molecule has 1 atom stereocenters. The molecule has 0 saturated carbocycles. The Balaban J connectivity index is 1.74. The number of aromatic nitrogens is 2. The summed E-state index contributed by atoms with van der Waals surface area (Å²) in [5.41, 5.74) is 0.311. The molecule has 0 bridgehead atoms. The van der Waals surface area contributed by atoms with Crippen LogP contribution in [0.1, 0.15) is 30.2 Å². The number of carbonyl (C=O) groups excluding carboxylic acids is 1. The van der Waals surface area contributed by atoms with Crippen LogP contribution in [-0.4, -0.2) is 59.0 Å². The van der Waals surface area contributed by atoms with E-state index in [9.17, 15) is 14.4 Å². The van der Waals surface area contributed by atoms with Crippen LogP contribution in [0.4, 0.5) is 4.79 Å². The van der Waals surface area contributed by atoms with Crippen molar-refractivity contribution in [1.82, 2.24) is 19.4 Å². The van der Waals surface area contributed by atoms with E-state index in [0.29, 0.717) is 55.5 Å². The zero-order chi connectivity index (χ0) is 22.1. The summed E-state index contributed by atoms with van der Waals surface area (Å²) in [5, 5.41) is 3.21. The van der Waals surface area contributed by atoms with Crippen LogP contribution in [-0.2, 0) is 29.1 Å². The van der Waals surface area contributed by atoms with E-state index in [-0.39, 0.29) is 17.4 Å². The van der Waals surface area contributed by atoms with Crippen LogP contribution in [0.2, 0.25) is 0 Å². The Morgan fingerprint density at radius 2 is 2.16 bits per heavy atom. The number of nitrogens with zero attached hydrogens (tertiary/aromatic N) is 4. The molecule has 168 valence electrons. The highest BCUT2D eigenvalue weighted by atomic mass is 32.1. The number of aryl methyl sites for hydroxylation is 1. The second-order valence-corrected chi connectivity index (χ2v) is 8.74. The van der Waals surface area contributed by atoms with Crippen LogP contribution in [0.25, 0.3) is 10.2 Å². The number of ether oxygens (including phenoxy) is 2. The predicted octanol–water partition coefficient (Wildman–Crippen LogP) is 1.26. The van der Waals surface area contributed by atoms with Crippen LogP contribution in [0, 0.1) is 6.92 Å². The number of nitrogens with one attached hydrogen (secondary N) is 1. The first kappa shape index (κ1) is 21.6. The van der Waals surface area contributed by atoms with Gasteiger partial charge >= 0.3 is 11.8 Å². The maximum absolute atomic E-state index is 13.1. The van der Waals surface area contributed by atoms with Gasteiger partial charge in [-0.05, 0) is 32.3 Å². The lowest BCUT2D eigenvalue weighted by Crippen LogP contribution is -2.41. The smallest absolute Gasteiger partial charge is 0.413 e. The van der Waals surface area contributed by atoms with Gasteiger partial charge in [0.15, 0.2) is 0 Å². The van der Waals surface area contributed by atoms with Gasteiger partial charge in [0.1, 0.15) is 4.83 Å². The second-order valence-electron chi connectivity index (χ2n) is 7.65. The van der Waals surface area contributed by atoms with E-state index >= 15 is 0 Å². The summed E-state index contributed by atoms with van der Waals surface area (Å²) in [6.07, 6.45) is 1.30. The van der Waals surface area contributed by atoms with E-state index in [4.69, 9.17) is 4.74 Å². The summed E-state index contributed by atoms with van der Waals surface area (Å²) >= 11 is 1.45. The SMILES string of the molecule is CCn1c(=O)c2c(C)c(CN3CCN=C3NC(=O)OC)sc2n(CC2CCCO2)c1=O. The molecule has 2 aliphatic rings. The molecule has 0 aromatic carbocycles. The van der Waals surface area contributed by atoms with Crippen molar-refractivity contribution in [3.05, 3.63) is 31.3 Å². The monoisotopic (exact) mass is 449 g/mol. The normalized spacial score (nSPS) is 18.6. The van der Waals surface area contributed by atoms with Gasteiger partial charge in [-0.2, -0.15) is 0 Å². The number of guanidine groups is 1. The third-order valence-electron chi connectivity index (χ3n) is 5.78. The Kier molecular flexibility index (Phi) is 6.15. The molecule has 4 heterocycles. The van der Waals surface area contributed by atoms with Gasteiger partial charge < -0.3 is 14.4 Å². The summed E-state index contributed by atoms with van der Waals surface area (Å²) in [7, 11) is 1.30. The van der Waals surface area contributed by atoms with Gasteiger partial charge in [-0.1, -0.05) is 0 Å². The summed E-state index contributed by atoms with van der Waals surface area (Å²) in [5.74, 6) is 0.450. The van der Waals surface area contributed by atoms with Gasteiger partial charge in [0, 0.05) is 24.6 Å². The Morgan fingerprint density at radius 1 is 1.35 bits per heavy atom. The van der Waals surface area contributed by atoms with Gasteiger partial charge in [0.2, 0.25) is 5.96 Å². The van der Waals surface area contributed by atoms with E-state index in [1.165, 1.54) is 23.0 Å². The van der Waals surface area contributed by atoms with E-state index in [0.717, 1.165) is 23.3 Å². The van der Waals surface area contributed by atoms with Crippen molar-refractivity contribution < 1.29 is 14.3 Å². The number of alkyl carbamates (subject to hydrolysis) is 1. The molecule has 1 fully saturated rings. The maximum atomic E-state index is 13.1. The van der Waals surface area contributed by atoms with E-state index in [2.05, 4.69) is 15.0 Å². The topological polar surface area (TPSA) is 107 Å². The highest BCUT2D eigenvalue weighted by Gasteiger charge is 2.26. The molecular weight excluding hydrogens is 422 g/mol. The number of amides is 1. The molecule has 2 aromatic heterocycles. The number of rotatable bonds is 5. The van der Waals surface area contributed by atoms with Gasteiger partial charge in [0.05, 0.1) is 38.2 Å². The number of thiophene rings is 1. The molecule has 2 aromatic rings. The van der Waals surface area contributed by atoms with E-state index in [1.54, 1.807) is 11.5 Å². The van der Waals surface area contributed by atoms with Crippen LogP contribution in [0.3, 0.4) is 0 Å². The summed E-state index contributed by atoms with van der Waals surface area (Å²) in [4.78, 5) is 45.7. The van der Waals surface area contributed by atoms with Gasteiger partial charge in [0.25, 0.3) is 5.56 Å². The number of hydrogen-bond acceptors (Lipinski definition) is 8. The highest BCUT2D eigenvalue weighted by Crippen LogP contribution is 2.30. The molecule has 11 heteroatoms. The molecule has 31 heavy (non-hydrogen) atoms. The van der Waals surface area contributed by atoms with Crippen molar-refractivity contribution in [2.75, 3.05) is 26.8 Å².